The van der Waals surface area contributed by atoms with Crippen molar-refractivity contribution in [3.63, 3.8) is 0 Å². The number of hydrogen-bond donors (Lipinski definition) is 3. The number of phenols is 1. The Labute approximate surface area is 105 Å². The highest BCUT2D eigenvalue weighted by Gasteiger charge is 2.01. The summed E-state index contributed by atoms with van der Waals surface area (Å²) in [5.41, 5.74) is 2.01. The zero-order chi connectivity index (χ0) is 13.0. The van der Waals surface area contributed by atoms with Crippen LogP contribution in [-0.4, -0.2) is 10.2 Å². The van der Waals surface area contributed by atoms with E-state index in [1.165, 1.54) is 18.2 Å². The van der Waals surface area contributed by atoms with E-state index < -0.39 is 0 Å². The molecule has 0 bridgehead atoms. The molecular weight excluding hydrogens is 233 g/mol. The van der Waals surface area contributed by atoms with Crippen LogP contribution in [0, 0.1) is 5.82 Å². The van der Waals surface area contributed by atoms with Gasteiger partial charge in [-0.05, 0) is 23.8 Å². The molecule has 0 radical (unpaired) electrons. The van der Waals surface area contributed by atoms with E-state index in [1.807, 2.05) is 6.07 Å². The Kier molecular flexibility index (Phi) is 3.79. The lowest BCUT2D eigenvalue weighted by atomic mass is 10.1. The Morgan fingerprint density at radius 1 is 1.11 bits per heavy atom. The molecule has 3 N–H and O–H groups in total. The first-order valence-electron chi connectivity index (χ1n) is 5.60. The molecule has 18 heavy (non-hydrogen) atoms. The number of benzene rings is 2. The first-order chi connectivity index (χ1) is 8.69. The van der Waals surface area contributed by atoms with E-state index in [-0.39, 0.29) is 18.2 Å². The van der Waals surface area contributed by atoms with Crippen LogP contribution in [0.4, 0.5) is 10.1 Å². The van der Waals surface area contributed by atoms with Crippen LogP contribution in [0.5, 0.6) is 5.75 Å². The summed E-state index contributed by atoms with van der Waals surface area (Å²) in [7, 11) is 0. The van der Waals surface area contributed by atoms with Crippen LogP contribution in [-0.2, 0) is 13.2 Å². The van der Waals surface area contributed by atoms with Crippen molar-refractivity contribution in [1.29, 1.82) is 0 Å². The molecule has 0 heterocycles. The standard InChI is InChI=1S/C14H14FNO2/c15-12-3-1-2-10(6-12)8-16-13-5-4-11(9-17)14(18)7-13/h1-7,16-18H,8-9H2. The van der Waals surface area contributed by atoms with E-state index in [0.29, 0.717) is 17.8 Å². The Bertz CT molecular complexity index is 543. The highest BCUT2D eigenvalue weighted by molar-refractivity contribution is 5.51. The molecule has 2 aromatic rings. The molecule has 0 saturated carbocycles. The number of halogens is 1. The smallest absolute Gasteiger partial charge is 0.123 e. The van der Waals surface area contributed by atoms with Gasteiger partial charge in [0.25, 0.3) is 0 Å². The van der Waals surface area contributed by atoms with Crippen molar-refractivity contribution in [1.82, 2.24) is 0 Å². The number of rotatable bonds is 4. The Balaban J connectivity index is 2.04. The highest BCUT2D eigenvalue weighted by atomic mass is 19.1. The summed E-state index contributed by atoms with van der Waals surface area (Å²) in [5, 5.41) is 21.6. The van der Waals surface area contributed by atoms with Gasteiger partial charge in [0.05, 0.1) is 6.61 Å². The van der Waals surface area contributed by atoms with Gasteiger partial charge in [0.15, 0.2) is 0 Å². The van der Waals surface area contributed by atoms with Gasteiger partial charge >= 0.3 is 0 Å². The molecule has 0 aromatic heterocycles. The predicted molar refractivity (Wildman–Crippen MR) is 67.8 cm³/mol. The molecule has 3 nitrogen and oxygen atoms in total. The Morgan fingerprint density at radius 3 is 2.61 bits per heavy atom. The number of aliphatic hydroxyl groups is 1. The summed E-state index contributed by atoms with van der Waals surface area (Å²) in [6, 6.07) is 11.2. The van der Waals surface area contributed by atoms with Crippen LogP contribution < -0.4 is 5.32 Å². The maximum Gasteiger partial charge on any atom is 0.123 e. The maximum atomic E-state index is 13.0. The van der Waals surface area contributed by atoms with E-state index in [2.05, 4.69) is 5.32 Å². The van der Waals surface area contributed by atoms with Crippen LogP contribution in [0.15, 0.2) is 42.5 Å². The van der Waals surface area contributed by atoms with E-state index in [4.69, 9.17) is 5.11 Å². The summed E-state index contributed by atoms with van der Waals surface area (Å²) in [4.78, 5) is 0. The van der Waals surface area contributed by atoms with Crippen molar-refractivity contribution in [2.75, 3.05) is 5.32 Å². The molecule has 0 spiro atoms. The molecule has 0 fully saturated rings. The molecule has 0 aliphatic heterocycles. The molecule has 2 aromatic carbocycles. The SMILES string of the molecule is OCc1ccc(NCc2cccc(F)c2)cc1O. The summed E-state index contributed by atoms with van der Waals surface area (Å²) in [6.07, 6.45) is 0. The second-order valence-electron chi connectivity index (χ2n) is 3.99. The summed E-state index contributed by atoms with van der Waals surface area (Å²) in [6.45, 7) is 0.270. The minimum atomic E-state index is -0.271. The number of anilines is 1. The summed E-state index contributed by atoms with van der Waals surface area (Å²) < 4.78 is 13.0. The molecule has 0 aliphatic rings. The Hall–Kier alpha value is -2.07. The average molecular weight is 247 g/mol. The molecule has 0 unspecified atom stereocenters. The van der Waals surface area contributed by atoms with E-state index >= 15 is 0 Å². The van der Waals surface area contributed by atoms with E-state index in [0.717, 1.165) is 5.56 Å². The first-order valence-corrected chi connectivity index (χ1v) is 5.60. The van der Waals surface area contributed by atoms with Gasteiger partial charge in [-0.1, -0.05) is 18.2 Å². The van der Waals surface area contributed by atoms with Gasteiger partial charge in [0, 0.05) is 23.9 Å². The van der Waals surface area contributed by atoms with Crippen molar-refractivity contribution < 1.29 is 14.6 Å². The fourth-order valence-electron chi connectivity index (χ4n) is 1.66. The molecule has 94 valence electrons. The summed E-state index contributed by atoms with van der Waals surface area (Å²) in [5.74, 6) is -0.227. The van der Waals surface area contributed by atoms with Crippen LogP contribution in [0.2, 0.25) is 0 Å². The van der Waals surface area contributed by atoms with Crippen LogP contribution in [0.25, 0.3) is 0 Å². The maximum absolute atomic E-state index is 13.0. The van der Waals surface area contributed by atoms with Crippen molar-refractivity contribution in [2.45, 2.75) is 13.2 Å². The third kappa shape index (κ3) is 2.99. The second kappa shape index (κ2) is 5.51. The summed E-state index contributed by atoms with van der Waals surface area (Å²) >= 11 is 0. The lowest BCUT2D eigenvalue weighted by Crippen LogP contribution is -2.00. The van der Waals surface area contributed by atoms with Crippen molar-refractivity contribution >= 4 is 5.69 Å². The fourth-order valence-corrected chi connectivity index (χ4v) is 1.66. The largest absolute Gasteiger partial charge is 0.508 e. The molecular formula is C14H14FNO2. The highest BCUT2D eigenvalue weighted by Crippen LogP contribution is 2.22. The minimum Gasteiger partial charge on any atom is -0.508 e. The van der Waals surface area contributed by atoms with E-state index in [1.54, 1.807) is 18.2 Å². The fraction of sp³-hybridized carbons (Fsp3) is 0.143. The van der Waals surface area contributed by atoms with Crippen LogP contribution >= 0.6 is 0 Å². The average Bonchev–Trinajstić information content (AvgIpc) is 2.37. The molecule has 0 aliphatic carbocycles. The van der Waals surface area contributed by atoms with Gasteiger partial charge in [-0.25, -0.2) is 4.39 Å². The van der Waals surface area contributed by atoms with Crippen molar-refractivity contribution in [3.05, 3.63) is 59.4 Å². The molecule has 0 amide bonds. The number of hydrogen-bond acceptors (Lipinski definition) is 3. The van der Waals surface area contributed by atoms with Crippen LogP contribution in [0.3, 0.4) is 0 Å². The second-order valence-corrected chi connectivity index (χ2v) is 3.99. The number of aliphatic hydroxyl groups excluding tert-OH is 1. The van der Waals surface area contributed by atoms with Crippen LogP contribution in [0.1, 0.15) is 11.1 Å². The molecule has 0 atom stereocenters. The molecule has 2 rings (SSSR count). The topological polar surface area (TPSA) is 52.5 Å². The van der Waals surface area contributed by atoms with Crippen molar-refractivity contribution in [2.24, 2.45) is 0 Å². The van der Waals surface area contributed by atoms with Gasteiger partial charge in [-0.3, -0.25) is 0 Å². The van der Waals surface area contributed by atoms with Gasteiger partial charge in [-0.15, -0.1) is 0 Å². The van der Waals surface area contributed by atoms with Crippen molar-refractivity contribution in [3.8, 4) is 5.75 Å². The molecule has 0 saturated heterocycles. The number of nitrogens with one attached hydrogen (secondary N) is 1. The van der Waals surface area contributed by atoms with Gasteiger partial charge in [0.1, 0.15) is 11.6 Å². The monoisotopic (exact) mass is 247 g/mol. The zero-order valence-electron chi connectivity index (χ0n) is 9.73. The minimum absolute atomic E-state index is 0.0433. The first kappa shape index (κ1) is 12.4. The predicted octanol–water partition coefficient (Wildman–Crippen LogP) is 2.64. The van der Waals surface area contributed by atoms with Gasteiger partial charge < -0.3 is 15.5 Å². The lowest BCUT2D eigenvalue weighted by molar-refractivity contribution is 0.275. The third-order valence-corrected chi connectivity index (χ3v) is 2.64. The number of aromatic hydroxyl groups is 1. The molecule has 4 heteroatoms. The van der Waals surface area contributed by atoms with E-state index in [9.17, 15) is 9.50 Å². The lowest BCUT2D eigenvalue weighted by Gasteiger charge is -2.08. The van der Waals surface area contributed by atoms with Gasteiger partial charge in [-0.2, -0.15) is 0 Å². The normalized spacial score (nSPS) is 10.3. The quantitative estimate of drug-likeness (QED) is 0.778. The zero-order valence-corrected chi connectivity index (χ0v) is 9.73. The third-order valence-electron chi connectivity index (χ3n) is 2.64. The Morgan fingerprint density at radius 2 is 1.94 bits per heavy atom. The van der Waals surface area contributed by atoms with Gasteiger partial charge in [0.2, 0.25) is 0 Å².